The third kappa shape index (κ3) is 8.05. The molecule has 0 spiro atoms. The average Bonchev–Trinajstić information content (AvgIpc) is 3.24. The Balaban J connectivity index is 0.00000370. The first-order valence-electron chi connectivity index (χ1n) is 13.7. The van der Waals surface area contributed by atoms with Gasteiger partial charge in [-0.25, -0.2) is 0 Å². The summed E-state index contributed by atoms with van der Waals surface area (Å²) in [6.45, 7) is 4.77. The van der Waals surface area contributed by atoms with Gasteiger partial charge >= 0.3 is 10.1 Å². The topological polar surface area (TPSA) is 115 Å². The number of nitrogens with zero attached hydrogens (tertiary/aromatic N) is 3. The van der Waals surface area contributed by atoms with E-state index in [2.05, 4.69) is 20.4 Å². The summed E-state index contributed by atoms with van der Waals surface area (Å²) in [6, 6.07) is 13.2. The van der Waals surface area contributed by atoms with Gasteiger partial charge in [-0.2, -0.15) is 13.4 Å². The predicted molar refractivity (Wildman–Crippen MR) is 155 cm³/mol. The molecule has 1 aromatic heterocycles. The fourth-order valence-electron chi connectivity index (χ4n) is 5.64. The molecule has 1 fully saturated rings. The molecule has 11 heteroatoms. The molecule has 216 valence electrons. The first-order valence-corrected chi connectivity index (χ1v) is 15.5. The number of benzene rings is 2. The maximum Gasteiger partial charge on any atom is 0.306 e. The van der Waals surface area contributed by atoms with Gasteiger partial charge in [-0.1, -0.05) is 23.4 Å². The van der Waals surface area contributed by atoms with E-state index >= 15 is 0 Å². The lowest BCUT2D eigenvalue weighted by molar-refractivity contribution is 0.0920. The van der Waals surface area contributed by atoms with Gasteiger partial charge in [0.15, 0.2) is 0 Å². The number of halogens is 1. The largest absolute Gasteiger partial charge is 0.383 e. The summed E-state index contributed by atoms with van der Waals surface area (Å²) in [5.41, 5.74) is 3.82. The number of hydrogen-bond donors (Lipinski definition) is 1. The Morgan fingerprint density at radius 3 is 2.52 bits per heavy atom. The molecule has 1 aliphatic heterocycles. The maximum atomic E-state index is 12.9. The van der Waals surface area contributed by atoms with Gasteiger partial charge in [-0.3, -0.25) is 4.79 Å². The number of amides is 1. The van der Waals surface area contributed by atoms with Crippen molar-refractivity contribution in [1.29, 1.82) is 0 Å². The van der Waals surface area contributed by atoms with Crippen molar-refractivity contribution in [3.63, 3.8) is 0 Å². The molecule has 0 unspecified atom stereocenters. The Hall–Kier alpha value is -2.95. The van der Waals surface area contributed by atoms with Gasteiger partial charge in [0.25, 0.3) is 5.91 Å². The van der Waals surface area contributed by atoms with Crippen LogP contribution in [-0.2, 0) is 23.0 Å². The van der Waals surface area contributed by atoms with E-state index in [-0.39, 0.29) is 24.4 Å². The second-order valence-corrected chi connectivity index (χ2v) is 12.3. The lowest BCUT2D eigenvalue weighted by Gasteiger charge is -2.30. The van der Waals surface area contributed by atoms with Crippen LogP contribution in [-0.4, -0.2) is 61.3 Å². The molecule has 1 saturated carbocycles. The second-order valence-electron chi connectivity index (χ2n) is 10.8. The molecule has 0 atom stereocenters. The van der Waals surface area contributed by atoms with Crippen molar-refractivity contribution in [3.05, 3.63) is 65.0 Å². The molecule has 0 bridgehead atoms. The average molecular weight is 589 g/mol. The zero-order chi connectivity index (χ0) is 27.4. The van der Waals surface area contributed by atoms with Crippen LogP contribution in [0.25, 0.3) is 11.4 Å². The highest BCUT2D eigenvalue weighted by Gasteiger charge is 2.24. The van der Waals surface area contributed by atoms with Gasteiger partial charge in [-0.05, 0) is 92.8 Å². The number of fused-ring (bicyclic) bond motifs is 1. The van der Waals surface area contributed by atoms with Gasteiger partial charge < -0.3 is 18.9 Å². The van der Waals surface area contributed by atoms with Crippen molar-refractivity contribution < 1.29 is 21.9 Å². The number of hydrogen-bond acceptors (Lipinski definition) is 8. The molecule has 0 radical (unpaired) electrons. The molecule has 5 rings (SSSR count). The molecule has 2 heterocycles. The van der Waals surface area contributed by atoms with Crippen LogP contribution in [0.2, 0.25) is 0 Å². The minimum atomic E-state index is -3.52. The predicted octanol–water partition coefficient (Wildman–Crippen LogP) is 4.58. The van der Waals surface area contributed by atoms with E-state index in [0.717, 1.165) is 76.4 Å². The molecule has 0 saturated heterocycles. The van der Waals surface area contributed by atoms with E-state index < -0.39 is 10.1 Å². The third-order valence-electron chi connectivity index (χ3n) is 7.77. The number of carbonyl (C=O) groups is 1. The van der Waals surface area contributed by atoms with Crippen LogP contribution < -0.4 is 9.50 Å². The summed E-state index contributed by atoms with van der Waals surface area (Å²) >= 11 is 0. The molecule has 1 aliphatic carbocycles. The summed E-state index contributed by atoms with van der Waals surface area (Å²) in [6.07, 6.45) is 8.30. The quantitative estimate of drug-likeness (QED) is 0.380. The minimum Gasteiger partial charge on any atom is -0.383 e. The molecular weight excluding hydrogens is 552 g/mol. The fourth-order valence-corrected chi connectivity index (χ4v) is 6.10. The zero-order valence-corrected chi connectivity index (χ0v) is 24.6. The molecular formula is C29H37ClN4O5S. The number of nitrogens with one attached hydrogen (secondary N) is 1. The Labute approximate surface area is 242 Å². The summed E-state index contributed by atoms with van der Waals surface area (Å²) in [5, 5.41) is 7.17. The molecule has 9 nitrogen and oxygen atoms in total. The van der Waals surface area contributed by atoms with Crippen molar-refractivity contribution in [1.82, 2.24) is 20.4 Å². The highest BCUT2D eigenvalue weighted by molar-refractivity contribution is 7.86. The lowest BCUT2D eigenvalue weighted by atomic mass is 9.84. The Kier molecular flexibility index (Phi) is 9.86. The van der Waals surface area contributed by atoms with E-state index in [9.17, 15) is 13.2 Å². The van der Waals surface area contributed by atoms with Crippen molar-refractivity contribution in [3.8, 4) is 17.1 Å². The van der Waals surface area contributed by atoms with Gasteiger partial charge in [0.1, 0.15) is 5.75 Å². The summed E-state index contributed by atoms with van der Waals surface area (Å²) < 4.78 is 33.1. The molecule has 2 aromatic carbocycles. The van der Waals surface area contributed by atoms with E-state index in [1.165, 1.54) is 11.1 Å². The van der Waals surface area contributed by atoms with Crippen molar-refractivity contribution in [2.75, 3.05) is 25.9 Å². The van der Waals surface area contributed by atoms with Gasteiger partial charge in [-0.15, -0.1) is 12.4 Å². The fraction of sp³-hybridized carbons (Fsp3) is 0.483. The van der Waals surface area contributed by atoms with E-state index in [1.807, 2.05) is 36.4 Å². The number of aryl methyl sites for hydroxylation is 1. The van der Waals surface area contributed by atoms with E-state index in [4.69, 9.17) is 8.71 Å². The number of aromatic nitrogens is 2. The van der Waals surface area contributed by atoms with Crippen LogP contribution >= 0.6 is 12.4 Å². The number of rotatable bonds is 8. The van der Waals surface area contributed by atoms with Crippen molar-refractivity contribution in [2.45, 2.75) is 57.9 Å². The van der Waals surface area contributed by atoms with Gasteiger partial charge in [0.05, 0.1) is 6.26 Å². The van der Waals surface area contributed by atoms with Gasteiger partial charge in [0.2, 0.25) is 11.7 Å². The summed E-state index contributed by atoms with van der Waals surface area (Å²) in [7, 11) is -3.52. The first kappa shape index (κ1) is 30.0. The van der Waals surface area contributed by atoms with Crippen LogP contribution in [0.4, 0.5) is 0 Å². The Morgan fingerprint density at radius 1 is 1.07 bits per heavy atom. The van der Waals surface area contributed by atoms with Crippen LogP contribution in [0.15, 0.2) is 47.0 Å². The van der Waals surface area contributed by atoms with E-state index in [1.54, 1.807) is 13.0 Å². The first-order chi connectivity index (χ1) is 18.7. The highest BCUT2D eigenvalue weighted by Crippen LogP contribution is 2.28. The Bertz CT molecular complexity index is 1420. The third-order valence-corrected chi connectivity index (χ3v) is 8.26. The summed E-state index contributed by atoms with van der Waals surface area (Å²) in [4.78, 5) is 19.7. The monoisotopic (exact) mass is 588 g/mol. The maximum absolute atomic E-state index is 12.9. The zero-order valence-electron chi connectivity index (χ0n) is 23.0. The van der Waals surface area contributed by atoms with Crippen LogP contribution in [0.3, 0.4) is 0 Å². The highest BCUT2D eigenvalue weighted by atomic mass is 35.5. The minimum absolute atomic E-state index is 0. The Morgan fingerprint density at radius 2 is 1.82 bits per heavy atom. The molecule has 1 N–H and O–H groups in total. The van der Waals surface area contributed by atoms with Crippen LogP contribution in [0.5, 0.6) is 5.75 Å². The number of carbonyl (C=O) groups excluding carboxylic acids is 1. The van der Waals surface area contributed by atoms with E-state index in [0.29, 0.717) is 28.9 Å². The van der Waals surface area contributed by atoms with Gasteiger partial charge in [0, 0.05) is 37.2 Å². The standard InChI is InChI=1S/C29H36N4O5S.ClH/c1-20-30-28(32-37-20)24-4-3-5-25(18-24)29(34)31-26-9-6-21(7-10-26)12-15-33-16-13-22-8-11-27(38-39(2,35)36)19-23(22)14-17-33;/h3-5,8,11,18-19,21,26H,6-7,9-10,12-17H2,1-2H3,(H,31,34);1H. The molecule has 40 heavy (non-hydrogen) atoms. The van der Waals surface area contributed by atoms with Crippen molar-refractivity contribution >= 4 is 28.4 Å². The smallest absolute Gasteiger partial charge is 0.306 e. The van der Waals surface area contributed by atoms with Crippen LogP contribution in [0.1, 0.15) is 59.5 Å². The second kappa shape index (κ2) is 13.1. The molecule has 1 amide bonds. The van der Waals surface area contributed by atoms with Crippen LogP contribution in [0, 0.1) is 12.8 Å². The molecule has 3 aromatic rings. The lowest BCUT2D eigenvalue weighted by Crippen LogP contribution is -2.38. The van der Waals surface area contributed by atoms with Crippen molar-refractivity contribution in [2.24, 2.45) is 5.92 Å². The normalized spacial score (nSPS) is 19.6. The summed E-state index contributed by atoms with van der Waals surface area (Å²) in [5.74, 6) is 1.98. The molecule has 2 aliphatic rings. The SMILES string of the molecule is Cc1nc(-c2cccc(C(=O)NC3CCC(CCN4CCc5ccc(OS(C)(=O)=O)cc5CC4)CC3)c2)no1.Cl.